The van der Waals surface area contributed by atoms with E-state index < -0.39 is 144 Å². The lowest BCUT2D eigenvalue weighted by molar-refractivity contribution is -0.306. The van der Waals surface area contributed by atoms with Crippen molar-refractivity contribution in [3.63, 3.8) is 0 Å². The number of fused-ring (bicyclic) bond motifs is 3. The zero-order chi connectivity index (χ0) is 44.8. The fourth-order valence-corrected chi connectivity index (χ4v) is 11.1. The first-order valence-corrected chi connectivity index (χ1v) is 22.7. The molecule has 1 aromatic rings. The van der Waals surface area contributed by atoms with Gasteiger partial charge in [-0.05, 0) is 65.9 Å². The van der Waals surface area contributed by atoms with Gasteiger partial charge in [-0.15, -0.1) is 11.8 Å². The third-order valence-corrected chi connectivity index (χ3v) is 14.6. The number of thioether (sulfide) groups is 1. The van der Waals surface area contributed by atoms with Crippen LogP contribution in [-0.4, -0.2) is 156 Å². The van der Waals surface area contributed by atoms with Crippen LogP contribution in [-0.2, 0) is 38.0 Å². The number of aliphatic hydroxyl groups is 6. The second kappa shape index (κ2) is 17.0. The third kappa shape index (κ3) is 7.74. The summed E-state index contributed by atoms with van der Waals surface area (Å²) in [5.41, 5.74) is -7.62. The highest BCUT2D eigenvalue weighted by Crippen LogP contribution is 2.58. The molecule has 4 saturated heterocycles. The number of phenols is 1. The van der Waals surface area contributed by atoms with Crippen LogP contribution in [0.1, 0.15) is 118 Å². The predicted molar refractivity (Wildman–Crippen MR) is 217 cm³/mol. The average molecular weight is 891 g/mol. The summed E-state index contributed by atoms with van der Waals surface area (Å²) in [5, 5.41) is 77.8. The quantitative estimate of drug-likeness (QED) is 0.197. The van der Waals surface area contributed by atoms with E-state index >= 15 is 0 Å². The summed E-state index contributed by atoms with van der Waals surface area (Å²) < 4.78 is 43.0. The highest BCUT2D eigenvalue weighted by atomic mass is 32.2. The van der Waals surface area contributed by atoms with Gasteiger partial charge in [-0.25, -0.2) is 0 Å². The molecule has 3 aliphatic carbocycles. The van der Waals surface area contributed by atoms with E-state index in [-0.39, 0.29) is 52.9 Å². The summed E-state index contributed by atoms with van der Waals surface area (Å²) in [4.78, 5) is 44.3. The fraction of sp³-hybridized carbons (Fsp3) is 0.705. The number of phenolic OH excluding ortho intramolecular Hbond substituents is 1. The Labute approximate surface area is 363 Å². The molecule has 18 heteroatoms. The zero-order valence-electron chi connectivity index (χ0n) is 35.6. The van der Waals surface area contributed by atoms with Gasteiger partial charge in [-0.2, -0.15) is 0 Å². The van der Waals surface area contributed by atoms with Crippen LogP contribution in [0, 0.1) is 0 Å². The van der Waals surface area contributed by atoms with Crippen molar-refractivity contribution in [2.45, 2.75) is 189 Å². The molecular weight excluding hydrogens is 833 g/mol. The largest absolute Gasteiger partial charge is 0.507 e. The minimum atomic E-state index is -2.50. The van der Waals surface area contributed by atoms with Gasteiger partial charge in [0, 0.05) is 60.1 Å². The number of aliphatic hydroxyl groups excluding tert-OH is 4. The van der Waals surface area contributed by atoms with E-state index in [1.165, 1.54) is 25.1 Å². The van der Waals surface area contributed by atoms with Crippen LogP contribution in [0.15, 0.2) is 34.3 Å². The Morgan fingerprint density at radius 2 is 1.40 bits per heavy atom. The Hall–Kier alpha value is -2.66. The number of carbonyl (C=O) groups is 3. The number of ketones is 3. The SMILES string of the molecule is CSC1=CC2=C(C(=O)c3ccc(C4C[C@@H](O[C@H]5CC[C@H](O[C@@H]6C[C@@H](O)[C@H](O)[C@@H](C)O6)[C@H](C)O5)[C@H](O)[C@@H](C)O4)c(O)c3C2=O)[C@]2(O[C@H]3CC[C@H](O)[C@H](C)O3)C(=O)C[C@](C)(O)C[C@@]12O. The fourth-order valence-electron chi connectivity index (χ4n) is 10.3. The van der Waals surface area contributed by atoms with Crippen molar-refractivity contribution in [1.82, 2.24) is 0 Å². The molecule has 8 rings (SSSR count). The Morgan fingerprint density at radius 3 is 2.08 bits per heavy atom. The number of Topliss-reactive ketones (excluding diaryl/α,β-unsaturated/α-hetero) is 3. The van der Waals surface area contributed by atoms with Crippen LogP contribution in [0.3, 0.4) is 0 Å². The molecule has 1 aromatic carbocycles. The first-order chi connectivity index (χ1) is 29.2. The summed E-state index contributed by atoms with van der Waals surface area (Å²) >= 11 is 1.02. The van der Waals surface area contributed by atoms with Crippen molar-refractivity contribution in [2.24, 2.45) is 0 Å². The predicted octanol–water partition coefficient (Wildman–Crippen LogP) is 2.18. The van der Waals surface area contributed by atoms with Gasteiger partial charge in [-0.1, -0.05) is 6.07 Å². The van der Waals surface area contributed by atoms with Crippen molar-refractivity contribution in [3.05, 3.63) is 51.0 Å². The molecule has 17 nitrogen and oxygen atoms in total. The first-order valence-electron chi connectivity index (χ1n) is 21.5. The molecule has 0 bridgehead atoms. The summed E-state index contributed by atoms with van der Waals surface area (Å²) in [5.74, 6) is -3.02. The van der Waals surface area contributed by atoms with Crippen LogP contribution < -0.4 is 0 Å². The topological polar surface area (TPSA) is 257 Å². The molecule has 0 aromatic heterocycles. The standard InChI is InChI=1S/C44H58O17S/c1-18-25(45)9-11-33(56-18)61-44-30(47)16-42(5,53)17-43(44,54)31(62-6)13-24-36(44)41(52)23-8-7-22(39(50)35(23)40(24)51)28-15-29(38(49)21(4)55-28)60-32-12-10-27(19(2)57-32)59-34-14-26(46)37(48)20(3)58-34/h7-8,13,18-21,25-29,32-34,37-38,45-46,48-50,53-54H,9-12,14-17H2,1-6H3/t18-,19-,20+,21+,25-,26+,27-,28?,29+,32-,33-,34+,37+,38+,42-,43+,44+/m0/s1. The molecule has 0 radical (unpaired) electrons. The number of ether oxygens (including phenoxy) is 7. The van der Waals surface area contributed by atoms with E-state index in [9.17, 15) is 50.1 Å². The summed E-state index contributed by atoms with van der Waals surface area (Å²) in [7, 11) is 0. The zero-order valence-corrected chi connectivity index (χ0v) is 36.4. The molecule has 1 unspecified atom stereocenters. The Bertz CT molecular complexity index is 2010. The van der Waals surface area contributed by atoms with Crippen molar-refractivity contribution >= 4 is 29.1 Å². The molecule has 5 fully saturated rings. The number of hydrogen-bond acceptors (Lipinski definition) is 18. The number of benzene rings is 1. The van der Waals surface area contributed by atoms with E-state index in [4.69, 9.17) is 33.2 Å². The van der Waals surface area contributed by atoms with Gasteiger partial charge < -0.3 is 68.9 Å². The molecule has 4 aliphatic heterocycles. The molecule has 342 valence electrons. The summed E-state index contributed by atoms with van der Waals surface area (Å²) in [6.45, 7) is 8.15. The number of aromatic hydroxyl groups is 1. The lowest BCUT2D eigenvalue weighted by atomic mass is 9.57. The lowest BCUT2D eigenvalue weighted by Gasteiger charge is -2.56. The van der Waals surface area contributed by atoms with Gasteiger partial charge in [0.15, 0.2) is 41.8 Å². The number of carbonyl (C=O) groups excluding carboxylic acids is 3. The van der Waals surface area contributed by atoms with Crippen molar-refractivity contribution in [3.8, 4) is 5.75 Å². The lowest BCUT2D eigenvalue weighted by Crippen LogP contribution is -2.72. The molecule has 62 heavy (non-hydrogen) atoms. The molecule has 0 spiro atoms. The van der Waals surface area contributed by atoms with Crippen molar-refractivity contribution in [2.75, 3.05) is 6.26 Å². The van der Waals surface area contributed by atoms with Gasteiger partial charge in [0.05, 0.1) is 71.7 Å². The van der Waals surface area contributed by atoms with Crippen molar-refractivity contribution < 1.29 is 83.3 Å². The molecule has 0 amide bonds. The Balaban J connectivity index is 1.06. The van der Waals surface area contributed by atoms with E-state index in [0.29, 0.717) is 12.8 Å². The monoisotopic (exact) mass is 890 g/mol. The van der Waals surface area contributed by atoms with Crippen LogP contribution >= 0.6 is 11.8 Å². The number of hydrogen-bond donors (Lipinski definition) is 7. The molecule has 7 aliphatic rings. The molecule has 1 saturated carbocycles. The molecule has 4 heterocycles. The summed E-state index contributed by atoms with van der Waals surface area (Å²) in [6.07, 6.45) is -7.94. The van der Waals surface area contributed by atoms with Crippen LogP contribution in [0.2, 0.25) is 0 Å². The van der Waals surface area contributed by atoms with Crippen molar-refractivity contribution in [1.29, 1.82) is 0 Å². The van der Waals surface area contributed by atoms with Gasteiger partial charge in [-0.3, -0.25) is 14.4 Å². The van der Waals surface area contributed by atoms with E-state index in [1.54, 1.807) is 27.0 Å². The van der Waals surface area contributed by atoms with Crippen LogP contribution in [0.25, 0.3) is 0 Å². The van der Waals surface area contributed by atoms with E-state index in [2.05, 4.69) is 0 Å². The van der Waals surface area contributed by atoms with Gasteiger partial charge in [0.2, 0.25) is 0 Å². The highest BCUT2D eigenvalue weighted by molar-refractivity contribution is 8.02. The van der Waals surface area contributed by atoms with Gasteiger partial charge in [0.25, 0.3) is 0 Å². The number of rotatable bonds is 8. The van der Waals surface area contributed by atoms with Gasteiger partial charge in [0.1, 0.15) is 23.6 Å². The second-order valence-corrected chi connectivity index (χ2v) is 19.1. The molecule has 17 atom stereocenters. The third-order valence-electron chi connectivity index (χ3n) is 13.7. The summed E-state index contributed by atoms with van der Waals surface area (Å²) in [6, 6.07) is 2.79. The Morgan fingerprint density at radius 1 is 0.742 bits per heavy atom. The normalized spacial score (nSPS) is 45.0. The average Bonchev–Trinajstić information content (AvgIpc) is 3.19. The Kier molecular flexibility index (Phi) is 12.6. The van der Waals surface area contributed by atoms with E-state index in [1.807, 2.05) is 6.92 Å². The smallest absolute Gasteiger partial charge is 0.198 e. The van der Waals surface area contributed by atoms with E-state index in [0.717, 1.165) is 11.8 Å². The second-order valence-electron chi connectivity index (χ2n) is 18.3. The number of allylic oxidation sites excluding steroid dienone is 2. The van der Waals surface area contributed by atoms with Gasteiger partial charge >= 0.3 is 0 Å². The maximum Gasteiger partial charge on any atom is 0.198 e. The van der Waals surface area contributed by atoms with Crippen LogP contribution in [0.4, 0.5) is 0 Å². The minimum Gasteiger partial charge on any atom is -0.507 e. The van der Waals surface area contributed by atoms with Crippen LogP contribution in [0.5, 0.6) is 5.75 Å². The molecular formula is C44H58O17S. The maximum atomic E-state index is 14.9. The first kappa shape index (κ1) is 45.9. The molecule has 7 N–H and O–H groups in total. The maximum absolute atomic E-state index is 14.9. The minimum absolute atomic E-state index is 0.0274. The highest BCUT2D eigenvalue weighted by Gasteiger charge is 2.71.